The molecule has 15 heavy (non-hydrogen) atoms. The van der Waals surface area contributed by atoms with Crippen LogP contribution in [0.15, 0.2) is 17.1 Å². The molecule has 0 spiro atoms. The van der Waals surface area contributed by atoms with Gasteiger partial charge in [0.2, 0.25) is 12.0 Å². The Morgan fingerprint density at radius 3 is 3.07 bits per heavy atom. The molecule has 0 bridgehead atoms. The number of hydrogen-bond donors (Lipinski definition) is 1. The van der Waals surface area contributed by atoms with Gasteiger partial charge in [0.05, 0.1) is 6.04 Å². The van der Waals surface area contributed by atoms with Crippen molar-refractivity contribution >= 4 is 6.41 Å². The molecule has 1 N–H and O–H groups in total. The fraction of sp³-hybridized carbons (Fsp3) is 0.455. The highest BCUT2D eigenvalue weighted by Gasteiger charge is 2.25. The molecule has 4 nitrogen and oxygen atoms in total. The van der Waals surface area contributed by atoms with E-state index < -0.39 is 0 Å². The topological polar surface area (TPSA) is 53.2 Å². The average Bonchev–Trinajstić information content (AvgIpc) is 2.65. The Morgan fingerprint density at radius 2 is 2.40 bits per heavy atom. The van der Waals surface area contributed by atoms with Gasteiger partial charge in [0.25, 0.3) is 0 Å². The minimum atomic E-state index is -0.0908. The lowest BCUT2D eigenvalue weighted by Gasteiger charge is -2.21. The van der Waals surface area contributed by atoms with Gasteiger partial charge in [-0.25, -0.2) is 0 Å². The number of likely N-dealkylation sites (tertiary alicyclic amines) is 1. The summed E-state index contributed by atoms with van der Waals surface area (Å²) in [5.74, 6) is 0. The zero-order chi connectivity index (χ0) is 10.8. The van der Waals surface area contributed by atoms with E-state index in [1.165, 1.54) is 0 Å². The Morgan fingerprint density at radius 1 is 1.60 bits per heavy atom. The van der Waals surface area contributed by atoms with Crippen LogP contribution in [0.4, 0.5) is 0 Å². The molecule has 1 aliphatic rings. The number of aromatic nitrogens is 1. The van der Waals surface area contributed by atoms with Gasteiger partial charge in [0, 0.05) is 18.8 Å². The van der Waals surface area contributed by atoms with Crippen LogP contribution in [0, 0.1) is 6.92 Å². The minimum Gasteiger partial charge on any atom is -0.338 e. The van der Waals surface area contributed by atoms with E-state index in [2.05, 4.69) is 4.98 Å². The number of H-pyrrole nitrogens is 1. The molecule has 1 amide bonds. The first-order chi connectivity index (χ1) is 7.22. The molecular weight excluding hydrogens is 192 g/mol. The van der Waals surface area contributed by atoms with Crippen molar-refractivity contribution in [2.24, 2.45) is 0 Å². The van der Waals surface area contributed by atoms with Gasteiger partial charge in [0.1, 0.15) is 0 Å². The van der Waals surface area contributed by atoms with Crippen LogP contribution in [0.3, 0.4) is 0 Å². The number of carbonyl (C=O) groups is 1. The number of pyridine rings is 1. The molecule has 1 aliphatic heterocycles. The number of nitrogens with one attached hydrogen (secondary N) is 1. The fourth-order valence-corrected chi connectivity index (χ4v) is 2.19. The van der Waals surface area contributed by atoms with E-state index in [0.717, 1.165) is 36.9 Å². The van der Waals surface area contributed by atoms with E-state index in [9.17, 15) is 9.59 Å². The second kappa shape index (κ2) is 3.88. The average molecular weight is 206 g/mol. The highest BCUT2D eigenvalue weighted by molar-refractivity contribution is 5.50. The van der Waals surface area contributed by atoms with Crippen LogP contribution in [-0.4, -0.2) is 22.8 Å². The third-order valence-electron chi connectivity index (χ3n) is 2.96. The van der Waals surface area contributed by atoms with Gasteiger partial charge >= 0.3 is 0 Å². The lowest BCUT2D eigenvalue weighted by molar-refractivity contribution is -0.118. The minimum absolute atomic E-state index is 0.0908. The number of aromatic amines is 1. The van der Waals surface area contributed by atoms with Gasteiger partial charge in [-0.15, -0.1) is 0 Å². The highest BCUT2D eigenvalue weighted by atomic mass is 16.1. The molecule has 0 radical (unpaired) electrons. The summed E-state index contributed by atoms with van der Waals surface area (Å²) in [4.78, 5) is 26.3. The quantitative estimate of drug-likeness (QED) is 0.733. The maximum absolute atomic E-state index is 11.1. The molecule has 1 unspecified atom stereocenters. The SMILES string of the molecule is Cc1cc(=O)[nH]cc1C1CCCN1C=O. The van der Waals surface area contributed by atoms with Crippen LogP contribution in [0.5, 0.6) is 0 Å². The van der Waals surface area contributed by atoms with Gasteiger partial charge < -0.3 is 9.88 Å². The fourth-order valence-electron chi connectivity index (χ4n) is 2.19. The first-order valence-electron chi connectivity index (χ1n) is 5.12. The summed E-state index contributed by atoms with van der Waals surface area (Å²) in [5.41, 5.74) is 1.92. The molecule has 1 atom stereocenters. The zero-order valence-corrected chi connectivity index (χ0v) is 8.69. The van der Waals surface area contributed by atoms with E-state index in [4.69, 9.17) is 0 Å². The summed E-state index contributed by atoms with van der Waals surface area (Å²) in [7, 11) is 0. The van der Waals surface area contributed by atoms with Crippen molar-refractivity contribution in [2.75, 3.05) is 6.54 Å². The molecule has 1 saturated heterocycles. The van der Waals surface area contributed by atoms with Crippen molar-refractivity contribution in [1.82, 2.24) is 9.88 Å². The Bertz CT molecular complexity index is 425. The van der Waals surface area contributed by atoms with Crippen LogP contribution < -0.4 is 5.56 Å². The van der Waals surface area contributed by atoms with E-state index >= 15 is 0 Å². The van der Waals surface area contributed by atoms with E-state index in [0.29, 0.717) is 0 Å². The summed E-state index contributed by atoms with van der Waals surface area (Å²) in [6.45, 7) is 2.72. The lowest BCUT2D eigenvalue weighted by Crippen LogP contribution is -2.22. The van der Waals surface area contributed by atoms with Crippen molar-refractivity contribution in [3.8, 4) is 0 Å². The van der Waals surface area contributed by atoms with Gasteiger partial charge in [-0.2, -0.15) is 0 Å². The summed E-state index contributed by atoms with van der Waals surface area (Å²) in [6, 6.07) is 1.72. The zero-order valence-electron chi connectivity index (χ0n) is 8.69. The van der Waals surface area contributed by atoms with Crippen molar-refractivity contribution in [3.63, 3.8) is 0 Å². The van der Waals surface area contributed by atoms with Gasteiger partial charge in [-0.05, 0) is 30.9 Å². The van der Waals surface area contributed by atoms with Crippen LogP contribution in [-0.2, 0) is 4.79 Å². The van der Waals surface area contributed by atoms with E-state index in [1.54, 1.807) is 17.2 Å². The van der Waals surface area contributed by atoms with Crippen molar-refractivity contribution < 1.29 is 4.79 Å². The number of nitrogens with zero attached hydrogens (tertiary/aromatic N) is 1. The molecule has 2 rings (SSSR count). The number of amides is 1. The van der Waals surface area contributed by atoms with Gasteiger partial charge in [0.15, 0.2) is 0 Å². The number of rotatable bonds is 2. The van der Waals surface area contributed by atoms with Crippen LogP contribution in [0.1, 0.15) is 30.0 Å². The summed E-state index contributed by atoms with van der Waals surface area (Å²) < 4.78 is 0. The number of hydrogen-bond acceptors (Lipinski definition) is 2. The predicted octanol–water partition coefficient (Wildman–Crippen LogP) is 0.977. The molecule has 1 fully saturated rings. The predicted molar refractivity (Wildman–Crippen MR) is 56.5 cm³/mol. The number of carbonyl (C=O) groups excluding carboxylic acids is 1. The van der Waals surface area contributed by atoms with Crippen LogP contribution in [0.2, 0.25) is 0 Å². The van der Waals surface area contributed by atoms with Crippen molar-refractivity contribution in [1.29, 1.82) is 0 Å². The monoisotopic (exact) mass is 206 g/mol. The van der Waals surface area contributed by atoms with Crippen molar-refractivity contribution in [3.05, 3.63) is 33.7 Å². The molecule has 1 aromatic heterocycles. The van der Waals surface area contributed by atoms with Crippen LogP contribution >= 0.6 is 0 Å². The Kier molecular flexibility index (Phi) is 2.58. The van der Waals surface area contributed by atoms with Gasteiger partial charge in [-0.3, -0.25) is 9.59 Å². The van der Waals surface area contributed by atoms with Crippen LogP contribution in [0.25, 0.3) is 0 Å². The maximum atomic E-state index is 11.1. The van der Waals surface area contributed by atoms with E-state index in [1.807, 2.05) is 6.92 Å². The third kappa shape index (κ3) is 1.79. The smallest absolute Gasteiger partial charge is 0.248 e. The second-order valence-corrected chi connectivity index (χ2v) is 3.94. The Labute approximate surface area is 87.9 Å². The molecule has 1 aromatic rings. The Hall–Kier alpha value is -1.58. The first kappa shape index (κ1) is 9.96. The molecule has 80 valence electrons. The molecule has 0 saturated carbocycles. The van der Waals surface area contributed by atoms with Gasteiger partial charge in [-0.1, -0.05) is 0 Å². The molecule has 4 heteroatoms. The summed E-state index contributed by atoms with van der Waals surface area (Å²) in [6.07, 6.45) is 4.62. The molecular formula is C11H14N2O2. The normalized spacial score (nSPS) is 20.6. The highest BCUT2D eigenvalue weighted by Crippen LogP contribution is 2.31. The maximum Gasteiger partial charge on any atom is 0.248 e. The van der Waals surface area contributed by atoms with Crippen molar-refractivity contribution in [2.45, 2.75) is 25.8 Å². The number of aryl methyl sites for hydroxylation is 1. The molecule has 0 aliphatic carbocycles. The summed E-state index contributed by atoms with van der Waals surface area (Å²) in [5, 5.41) is 0. The molecule has 2 heterocycles. The standard InChI is InChI=1S/C11H14N2O2/c1-8-5-11(15)12-6-9(8)10-3-2-4-13(10)7-14/h5-7,10H,2-4H2,1H3,(H,12,15). The van der Waals surface area contributed by atoms with E-state index in [-0.39, 0.29) is 11.6 Å². The second-order valence-electron chi connectivity index (χ2n) is 3.94. The molecule has 0 aromatic carbocycles. The summed E-state index contributed by atoms with van der Waals surface area (Å²) >= 11 is 0. The first-order valence-corrected chi connectivity index (χ1v) is 5.12. The Balaban J connectivity index is 2.36. The third-order valence-corrected chi connectivity index (χ3v) is 2.96. The largest absolute Gasteiger partial charge is 0.338 e. The lowest BCUT2D eigenvalue weighted by atomic mass is 10.0.